The molecule has 0 aromatic rings. The molecule has 11 nitrogen and oxygen atoms in total. The molecule has 0 unspecified atom stereocenters. The maximum atomic E-state index is 14.7. The molecule has 0 radical (unpaired) electrons. The molecule has 0 aliphatic rings. The Morgan fingerprint density at radius 3 is 0.840 bits per heavy atom. The van der Waals surface area contributed by atoms with Gasteiger partial charge in [0.1, 0.15) is 6.04 Å². The quantitative estimate of drug-likeness (QED) is 0.0507. The van der Waals surface area contributed by atoms with Crippen LogP contribution in [-0.4, -0.2) is 180 Å². The van der Waals surface area contributed by atoms with Gasteiger partial charge in [0.05, 0.1) is 13.1 Å². The summed E-state index contributed by atoms with van der Waals surface area (Å²) in [7, 11) is -16.9. The SMILES string of the molecule is CCCN(OC(=O)CC[C@H](N)C(=O)ON(CCC)S(=O)(=O)C(F)(F)C(F)(F)C(F)(F)C(F)(F)C(F)(F)C(F)(F)C(F)(F)C(F)(F)F)S(=O)(=O)C(F)(F)C(F)(F)C(F)(F)C(F)(F)C(F)(F)C(F)(F)C(F)(F)C(F)(F)F.[NaH]. The molecule has 0 aromatic heterocycles. The Labute approximate surface area is 413 Å². The Bertz CT molecular complexity index is 2260. The summed E-state index contributed by atoms with van der Waals surface area (Å²) in [4.78, 5) is 31.5. The monoisotopic (exact) mass is 1250 g/mol. The second-order valence-electron chi connectivity index (χ2n) is 14.0. The Morgan fingerprint density at radius 2 is 0.613 bits per heavy atom. The normalized spacial score (nSPS) is 16.3. The van der Waals surface area contributed by atoms with E-state index in [4.69, 9.17) is 5.73 Å². The summed E-state index contributed by atoms with van der Waals surface area (Å²) >= 11 is 0. The van der Waals surface area contributed by atoms with Crippen LogP contribution in [0.4, 0.5) is 149 Å². The Morgan fingerprint density at radius 1 is 0.400 bits per heavy atom. The van der Waals surface area contributed by atoms with Crippen LogP contribution in [0.2, 0.25) is 0 Å². The molecule has 0 fully saturated rings. The Balaban J connectivity index is 0. The van der Waals surface area contributed by atoms with E-state index in [1.54, 1.807) is 0 Å². The van der Waals surface area contributed by atoms with E-state index in [9.17, 15) is 176 Å². The molecule has 48 heteroatoms. The fourth-order valence-electron chi connectivity index (χ4n) is 4.39. The van der Waals surface area contributed by atoms with Crippen molar-refractivity contribution in [3.8, 4) is 0 Å². The van der Waals surface area contributed by atoms with Crippen LogP contribution in [-0.2, 0) is 39.3 Å². The summed E-state index contributed by atoms with van der Waals surface area (Å²) < 4.78 is 510. The number of nitrogens with two attached hydrogens (primary N) is 1. The zero-order chi connectivity index (χ0) is 60.5. The van der Waals surface area contributed by atoms with Gasteiger partial charge >= 0.3 is 155 Å². The molecule has 0 aliphatic heterocycles. The van der Waals surface area contributed by atoms with Gasteiger partial charge in [-0.2, -0.15) is 149 Å². The van der Waals surface area contributed by atoms with Crippen LogP contribution < -0.4 is 5.73 Å². The van der Waals surface area contributed by atoms with E-state index in [1.165, 1.54) is 0 Å². The van der Waals surface area contributed by atoms with Crippen LogP contribution in [0.3, 0.4) is 0 Å². The third kappa shape index (κ3) is 11.0. The molecule has 0 spiro atoms. The number of carbonyl (C=O) groups is 2. The summed E-state index contributed by atoms with van der Waals surface area (Å²) in [6.07, 6.45) is -23.1. The zero-order valence-electron chi connectivity index (χ0n) is 34.2. The van der Waals surface area contributed by atoms with Crippen LogP contribution in [0.1, 0.15) is 39.5 Å². The Hall–Kier alpha value is -2.66. The van der Waals surface area contributed by atoms with Crippen LogP contribution in [0.5, 0.6) is 0 Å². The van der Waals surface area contributed by atoms with Crippen molar-refractivity contribution in [2.75, 3.05) is 13.1 Å². The Kier molecular flexibility index (Phi) is 21.3. The van der Waals surface area contributed by atoms with Crippen molar-refractivity contribution in [3.05, 3.63) is 0 Å². The van der Waals surface area contributed by atoms with Crippen LogP contribution >= 0.6 is 0 Å². The van der Waals surface area contributed by atoms with Gasteiger partial charge in [-0.25, -0.2) is 21.6 Å². The number of nitrogens with zero attached hydrogens (tertiary/aromatic N) is 2. The van der Waals surface area contributed by atoms with Gasteiger partial charge in [0.2, 0.25) is 0 Å². The number of sulfonamides is 2. The number of rotatable bonds is 26. The molecule has 0 saturated carbocycles. The van der Waals surface area contributed by atoms with E-state index in [0.29, 0.717) is 13.8 Å². The molecular formula is C27H22F34N3NaO8S2. The van der Waals surface area contributed by atoms with E-state index >= 15 is 0 Å². The van der Waals surface area contributed by atoms with Crippen molar-refractivity contribution in [3.63, 3.8) is 0 Å². The molecule has 444 valence electrons. The minimum atomic E-state index is -9.34. The number of hydrogen-bond acceptors (Lipinski definition) is 9. The van der Waals surface area contributed by atoms with Gasteiger partial charge in [-0.1, -0.05) is 13.8 Å². The zero-order valence-corrected chi connectivity index (χ0v) is 35.9. The van der Waals surface area contributed by atoms with Gasteiger partial charge in [-0.15, -0.1) is 0 Å². The average Bonchev–Trinajstić information content (AvgIpc) is 3.20. The third-order valence-corrected chi connectivity index (χ3v) is 12.1. The summed E-state index contributed by atoms with van der Waals surface area (Å²) in [6.45, 7) is -3.54. The molecule has 0 heterocycles. The average molecular weight is 1250 g/mol. The number of alkyl halides is 34. The number of hydroxylamine groups is 2. The topological polar surface area (TPSA) is 153 Å². The maximum absolute atomic E-state index is 14.7. The summed E-state index contributed by atoms with van der Waals surface area (Å²) in [6, 6.07) is -3.18. The standard InChI is InChI=1S/C27H21F34N3O8S2.Na.H/c1-3-7-63(73(67,68)26(58,59)22(48,49)18(40,41)14(32,33)12(28,29)16(36,37)20(44,45)24(52,53)54)71-10(65)6-5-9(62)11(66)72-64(8-4-2)74(69,70)27(60,61)23(50,51)19(42,43)15(34,35)13(30,31)17(38,39)21(46,47)25(55,56)57;;/h9H,3-8,62H2,1-2H3;;/t9-;;/m0../s1. The fourth-order valence-corrected chi connectivity index (χ4v) is 7.01. The molecule has 0 bridgehead atoms. The van der Waals surface area contributed by atoms with Crippen molar-refractivity contribution < 1.29 is 185 Å². The minimum absolute atomic E-state index is 0. The van der Waals surface area contributed by atoms with Gasteiger partial charge in [-0.3, -0.25) is 4.79 Å². The van der Waals surface area contributed by atoms with E-state index in [0.717, 1.165) is 0 Å². The predicted molar refractivity (Wildman–Crippen MR) is 170 cm³/mol. The van der Waals surface area contributed by atoms with Gasteiger partial charge < -0.3 is 15.4 Å². The first kappa shape index (κ1) is 74.4. The van der Waals surface area contributed by atoms with Crippen molar-refractivity contribution in [2.45, 2.75) is 140 Å². The van der Waals surface area contributed by atoms with Crippen molar-refractivity contribution in [1.29, 1.82) is 0 Å². The third-order valence-electron chi connectivity index (χ3n) is 8.74. The van der Waals surface area contributed by atoms with Crippen LogP contribution in [0.25, 0.3) is 0 Å². The molecule has 1 atom stereocenters. The van der Waals surface area contributed by atoms with Crippen molar-refractivity contribution in [2.24, 2.45) is 5.73 Å². The molecule has 0 saturated heterocycles. The van der Waals surface area contributed by atoms with Gasteiger partial charge in [0.15, 0.2) is 0 Å². The molecule has 0 amide bonds. The summed E-state index contributed by atoms with van der Waals surface area (Å²) in [5, 5.41) is -16.7. The summed E-state index contributed by atoms with van der Waals surface area (Å²) in [5.41, 5.74) is 4.95. The van der Waals surface area contributed by atoms with E-state index < -0.39 is 180 Å². The molecular weight excluding hydrogens is 1230 g/mol. The predicted octanol–water partition coefficient (Wildman–Crippen LogP) is 9.38. The second kappa shape index (κ2) is 21.4. The van der Waals surface area contributed by atoms with Crippen molar-refractivity contribution >= 4 is 61.5 Å². The molecule has 2 N–H and O–H groups in total. The van der Waals surface area contributed by atoms with Crippen molar-refractivity contribution in [1.82, 2.24) is 8.94 Å². The van der Waals surface area contributed by atoms with Gasteiger partial charge in [0, 0.05) is 6.42 Å². The number of halogens is 34. The number of carbonyl (C=O) groups excluding carboxylic acids is 2. The first-order chi connectivity index (χ1) is 31.8. The number of hydrogen-bond donors (Lipinski definition) is 1. The first-order valence-electron chi connectivity index (χ1n) is 17.5. The summed E-state index contributed by atoms with van der Waals surface area (Å²) in [5.74, 6) is -115. The molecule has 0 aromatic carbocycles. The molecule has 75 heavy (non-hydrogen) atoms. The molecule has 0 rings (SSSR count). The van der Waals surface area contributed by atoms with E-state index in [2.05, 4.69) is 9.68 Å². The van der Waals surface area contributed by atoms with Gasteiger partial charge in [0.25, 0.3) is 0 Å². The van der Waals surface area contributed by atoms with Gasteiger partial charge in [-0.05, 0) is 28.2 Å². The van der Waals surface area contributed by atoms with Crippen LogP contribution in [0.15, 0.2) is 0 Å². The van der Waals surface area contributed by atoms with E-state index in [1.807, 2.05) is 0 Å². The van der Waals surface area contributed by atoms with Crippen LogP contribution in [0, 0.1) is 0 Å². The molecule has 0 aliphatic carbocycles. The fraction of sp³-hybridized carbons (Fsp3) is 0.926. The second-order valence-corrected chi connectivity index (χ2v) is 17.7. The first-order valence-corrected chi connectivity index (χ1v) is 20.4. The van der Waals surface area contributed by atoms with E-state index in [-0.39, 0.29) is 29.6 Å².